The van der Waals surface area contributed by atoms with Crippen molar-refractivity contribution in [2.45, 2.75) is 25.4 Å². The fourth-order valence-electron chi connectivity index (χ4n) is 2.09. The molecule has 0 aromatic heterocycles. The van der Waals surface area contributed by atoms with Gasteiger partial charge in [-0.1, -0.05) is 42.5 Å². The molecule has 5 heteroatoms. The Kier molecular flexibility index (Phi) is 6.72. The summed E-state index contributed by atoms with van der Waals surface area (Å²) in [5.41, 5.74) is 6.98. The number of ether oxygens (including phenoxy) is 1. The summed E-state index contributed by atoms with van der Waals surface area (Å²) < 4.78 is 19.4. The maximum atomic E-state index is 14.1. The molecule has 0 heterocycles. The summed E-state index contributed by atoms with van der Waals surface area (Å²) in [5, 5.41) is 3.19. The number of nitrogens with two attached hydrogens (primary N) is 1. The Labute approximate surface area is 135 Å². The molecule has 4 nitrogen and oxygen atoms in total. The first-order valence-electron chi connectivity index (χ1n) is 7.55. The SMILES string of the molecule is NC(C=O)CCNCc1cccc(OC(F)c2ccccc2)c1. The summed E-state index contributed by atoms with van der Waals surface area (Å²) in [7, 11) is 0. The molecule has 2 atom stereocenters. The number of carbonyl (C=O) groups excluding carboxylic acids is 1. The third kappa shape index (κ3) is 5.81. The lowest BCUT2D eigenvalue weighted by Gasteiger charge is -2.13. The summed E-state index contributed by atoms with van der Waals surface area (Å²) in [4.78, 5) is 10.4. The zero-order valence-corrected chi connectivity index (χ0v) is 12.8. The molecule has 122 valence electrons. The first-order chi connectivity index (χ1) is 11.2. The minimum atomic E-state index is -1.50. The number of halogens is 1. The molecule has 2 unspecified atom stereocenters. The molecule has 3 N–H and O–H groups in total. The number of benzene rings is 2. The van der Waals surface area contributed by atoms with E-state index < -0.39 is 12.4 Å². The maximum Gasteiger partial charge on any atom is 0.264 e. The van der Waals surface area contributed by atoms with Crippen molar-refractivity contribution < 1.29 is 13.9 Å². The molecular weight excluding hydrogens is 295 g/mol. The summed E-state index contributed by atoms with van der Waals surface area (Å²) in [5.74, 6) is 0.477. The first kappa shape index (κ1) is 17.1. The van der Waals surface area contributed by atoms with Gasteiger partial charge in [0.15, 0.2) is 0 Å². The van der Waals surface area contributed by atoms with Crippen molar-refractivity contribution >= 4 is 6.29 Å². The number of hydrogen-bond acceptors (Lipinski definition) is 4. The molecule has 0 saturated heterocycles. The summed E-state index contributed by atoms with van der Waals surface area (Å²) in [6.07, 6.45) is -0.175. The van der Waals surface area contributed by atoms with Crippen molar-refractivity contribution in [1.82, 2.24) is 5.32 Å². The van der Waals surface area contributed by atoms with Crippen LogP contribution < -0.4 is 15.8 Å². The van der Waals surface area contributed by atoms with Crippen molar-refractivity contribution in [2.24, 2.45) is 5.73 Å². The van der Waals surface area contributed by atoms with E-state index in [1.165, 1.54) is 0 Å². The molecule has 0 aliphatic rings. The molecule has 2 rings (SSSR count). The van der Waals surface area contributed by atoms with Gasteiger partial charge in [0.2, 0.25) is 0 Å². The van der Waals surface area contributed by atoms with Crippen molar-refractivity contribution in [3.63, 3.8) is 0 Å². The minimum Gasteiger partial charge on any atom is -0.456 e. The molecule has 0 aliphatic heterocycles. The molecule has 0 radical (unpaired) electrons. The van der Waals surface area contributed by atoms with E-state index in [2.05, 4.69) is 5.32 Å². The van der Waals surface area contributed by atoms with E-state index in [1.54, 1.807) is 36.4 Å². The normalized spacial score (nSPS) is 13.3. The summed E-state index contributed by atoms with van der Waals surface area (Å²) in [6.45, 7) is 1.24. The third-order valence-corrected chi connectivity index (χ3v) is 3.36. The smallest absolute Gasteiger partial charge is 0.264 e. The molecule has 23 heavy (non-hydrogen) atoms. The van der Waals surface area contributed by atoms with E-state index in [0.29, 0.717) is 30.8 Å². The Hall–Kier alpha value is -2.24. The largest absolute Gasteiger partial charge is 0.456 e. The molecule has 0 amide bonds. The summed E-state index contributed by atoms with van der Waals surface area (Å²) >= 11 is 0. The molecule has 2 aromatic carbocycles. The van der Waals surface area contributed by atoms with Crippen LogP contribution in [-0.2, 0) is 11.3 Å². The second-order valence-corrected chi connectivity index (χ2v) is 5.26. The lowest BCUT2D eigenvalue weighted by atomic mass is 10.2. The van der Waals surface area contributed by atoms with Gasteiger partial charge in [-0.05, 0) is 30.7 Å². The zero-order valence-electron chi connectivity index (χ0n) is 12.8. The van der Waals surface area contributed by atoms with Gasteiger partial charge in [0, 0.05) is 12.1 Å². The van der Waals surface area contributed by atoms with Gasteiger partial charge in [-0.25, -0.2) is 0 Å². The lowest BCUT2D eigenvalue weighted by molar-refractivity contribution is -0.109. The van der Waals surface area contributed by atoms with Crippen LogP contribution in [0, 0.1) is 0 Å². The van der Waals surface area contributed by atoms with Crippen LogP contribution in [0.1, 0.15) is 23.9 Å². The summed E-state index contributed by atoms with van der Waals surface area (Å²) in [6, 6.07) is 15.6. The van der Waals surface area contributed by atoms with Crippen LogP contribution in [0.25, 0.3) is 0 Å². The fourth-order valence-corrected chi connectivity index (χ4v) is 2.09. The highest BCUT2D eigenvalue weighted by Crippen LogP contribution is 2.23. The molecule has 0 aliphatic carbocycles. The quantitative estimate of drug-likeness (QED) is 0.551. The van der Waals surface area contributed by atoms with Gasteiger partial charge in [0.1, 0.15) is 12.0 Å². The highest BCUT2D eigenvalue weighted by molar-refractivity contribution is 5.56. The molecule has 0 bridgehead atoms. The topological polar surface area (TPSA) is 64.4 Å². The predicted molar refractivity (Wildman–Crippen MR) is 87.7 cm³/mol. The second kappa shape index (κ2) is 9.02. The van der Waals surface area contributed by atoms with Crippen LogP contribution in [-0.4, -0.2) is 18.9 Å². The molecule has 0 spiro atoms. The molecule has 0 fully saturated rings. The molecule has 2 aromatic rings. The monoisotopic (exact) mass is 316 g/mol. The number of rotatable bonds is 9. The van der Waals surface area contributed by atoms with E-state index in [0.717, 1.165) is 11.8 Å². The van der Waals surface area contributed by atoms with Crippen molar-refractivity contribution in [2.75, 3.05) is 6.54 Å². The van der Waals surface area contributed by atoms with Crippen LogP contribution in [0.3, 0.4) is 0 Å². The number of hydrogen-bond donors (Lipinski definition) is 2. The lowest BCUT2D eigenvalue weighted by Crippen LogP contribution is -2.27. The van der Waals surface area contributed by atoms with Gasteiger partial charge >= 0.3 is 0 Å². The molecule has 0 saturated carbocycles. The van der Waals surface area contributed by atoms with Crippen LogP contribution in [0.15, 0.2) is 54.6 Å². The Bertz CT molecular complexity index is 607. The third-order valence-electron chi connectivity index (χ3n) is 3.36. The number of alkyl halides is 1. The zero-order chi connectivity index (χ0) is 16.5. The van der Waals surface area contributed by atoms with Gasteiger partial charge < -0.3 is 20.6 Å². The minimum absolute atomic E-state index is 0.435. The standard InChI is InChI=1S/C18H21FN2O2/c19-18(15-6-2-1-3-7-15)23-17-8-4-5-14(11-17)12-21-10-9-16(20)13-22/h1-8,11,13,16,18,21H,9-10,12,20H2. The highest BCUT2D eigenvalue weighted by atomic mass is 19.1. The maximum absolute atomic E-state index is 14.1. The average Bonchev–Trinajstić information content (AvgIpc) is 2.59. The van der Waals surface area contributed by atoms with Crippen LogP contribution in [0.5, 0.6) is 5.75 Å². The highest BCUT2D eigenvalue weighted by Gasteiger charge is 2.10. The number of aldehydes is 1. The Balaban J connectivity index is 1.86. The van der Waals surface area contributed by atoms with Crippen molar-refractivity contribution in [1.29, 1.82) is 0 Å². The van der Waals surface area contributed by atoms with E-state index in [9.17, 15) is 9.18 Å². The van der Waals surface area contributed by atoms with Crippen LogP contribution in [0.2, 0.25) is 0 Å². The fraction of sp³-hybridized carbons (Fsp3) is 0.278. The Morgan fingerprint density at radius 1 is 1.17 bits per heavy atom. The number of carbonyl (C=O) groups is 1. The Morgan fingerprint density at radius 2 is 1.96 bits per heavy atom. The van der Waals surface area contributed by atoms with Gasteiger partial charge in [-0.2, -0.15) is 4.39 Å². The average molecular weight is 316 g/mol. The van der Waals surface area contributed by atoms with Crippen molar-refractivity contribution in [3.05, 3.63) is 65.7 Å². The van der Waals surface area contributed by atoms with E-state index in [1.807, 2.05) is 18.2 Å². The van der Waals surface area contributed by atoms with Crippen molar-refractivity contribution in [3.8, 4) is 5.75 Å². The van der Waals surface area contributed by atoms with Gasteiger partial charge in [-0.3, -0.25) is 0 Å². The van der Waals surface area contributed by atoms with Gasteiger partial charge in [0.25, 0.3) is 6.36 Å². The predicted octanol–water partition coefficient (Wildman–Crippen LogP) is 2.74. The Morgan fingerprint density at radius 3 is 2.70 bits per heavy atom. The van der Waals surface area contributed by atoms with E-state index >= 15 is 0 Å². The van der Waals surface area contributed by atoms with Gasteiger partial charge in [0.05, 0.1) is 6.04 Å². The number of nitrogens with one attached hydrogen (secondary N) is 1. The van der Waals surface area contributed by atoms with Gasteiger partial charge in [-0.15, -0.1) is 0 Å². The molecular formula is C18H21FN2O2. The second-order valence-electron chi connectivity index (χ2n) is 5.26. The van der Waals surface area contributed by atoms with Crippen LogP contribution >= 0.6 is 0 Å². The first-order valence-corrected chi connectivity index (χ1v) is 7.55. The van der Waals surface area contributed by atoms with E-state index in [4.69, 9.17) is 10.5 Å². The van der Waals surface area contributed by atoms with E-state index in [-0.39, 0.29) is 0 Å². The van der Waals surface area contributed by atoms with Crippen LogP contribution in [0.4, 0.5) is 4.39 Å².